The third-order valence-electron chi connectivity index (χ3n) is 4.30. The molecule has 0 unspecified atom stereocenters. The van der Waals surface area contributed by atoms with Gasteiger partial charge in [0.1, 0.15) is 0 Å². The molecule has 0 bridgehead atoms. The molecular formula is C19H20N2. The average Bonchev–Trinajstić information content (AvgIpc) is 2.71. The monoisotopic (exact) mass is 276 g/mol. The Bertz CT molecular complexity index is 682. The highest BCUT2D eigenvalue weighted by molar-refractivity contribution is 5.37. The Kier molecular flexibility index (Phi) is 4.03. The maximum atomic E-state index is 8.96. The van der Waals surface area contributed by atoms with Crippen LogP contribution in [0.3, 0.4) is 0 Å². The maximum Gasteiger partial charge on any atom is 0.0991 e. The maximum absolute atomic E-state index is 8.96. The van der Waals surface area contributed by atoms with Gasteiger partial charge in [-0.3, -0.25) is 4.90 Å². The Labute approximate surface area is 126 Å². The van der Waals surface area contributed by atoms with Gasteiger partial charge in [-0.1, -0.05) is 30.3 Å². The lowest BCUT2D eigenvalue weighted by molar-refractivity contribution is 0.260. The molecule has 1 aliphatic rings. The summed E-state index contributed by atoms with van der Waals surface area (Å²) in [6, 6.07) is 17.0. The third-order valence-corrected chi connectivity index (χ3v) is 4.30. The van der Waals surface area contributed by atoms with Gasteiger partial charge in [0.15, 0.2) is 0 Å². The lowest BCUT2D eigenvalue weighted by Crippen LogP contribution is -2.23. The molecule has 2 nitrogen and oxygen atoms in total. The number of rotatable bonds is 2. The molecule has 0 saturated carbocycles. The Morgan fingerprint density at radius 2 is 1.95 bits per heavy atom. The molecule has 0 saturated heterocycles. The predicted octanol–water partition coefficient (Wildman–Crippen LogP) is 3.82. The van der Waals surface area contributed by atoms with E-state index in [1.807, 2.05) is 12.1 Å². The van der Waals surface area contributed by atoms with Crippen LogP contribution in [0.25, 0.3) is 0 Å². The summed E-state index contributed by atoms with van der Waals surface area (Å²) in [4.78, 5) is 2.51. The zero-order valence-electron chi connectivity index (χ0n) is 12.5. The molecule has 3 rings (SSSR count). The van der Waals surface area contributed by atoms with Gasteiger partial charge in [0.25, 0.3) is 0 Å². The van der Waals surface area contributed by atoms with Gasteiger partial charge in [-0.05, 0) is 60.7 Å². The molecule has 0 radical (unpaired) electrons. The summed E-state index contributed by atoms with van der Waals surface area (Å²) in [5, 5.41) is 8.96. The van der Waals surface area contributed by atoms with Crippen LogP contribution in [0.2, 0.25) is 0 Å². The molecule has 0 aliphatic carbocycles. The Morgan fingerprint density at radius 3 is 2.71 bits per heavy atom. The van der Waals surface area contributed by atoms with Crippen molar-refractivity contribution >= 4 is 0 Å². The molecular weight excluding hydrogens is 256 g/mol. The van der Waals surface area contributed by atoms with E-state index in [0.717, 1.165) is 25.2 Å². The Balaban J connectivity index is 1.78. The summed E-state index contributed by atoms with van der Waals surface area (Å²) >= 11 is 0. The van der Waals surface area contributed by atoms with Crippen molar-refractivity contribution < 1.29 is 0 Å². The first-order chi connectivity index (χ1) is 10.3. The summed E-state index contributed by atoms with van der Waals surface area (Å²) in [6.07, 6.45) is 2.39. The molecule has 2 aromatic carbocycles. The second kappa shape index (κ2) is 6.11. The normalized spacial score (nSPS) is 15.0. The minimum atomic E-state index is 0.748. The van der Waals surface area contributed by atoms with Gasteiger partial charge in [-0.2, -0.15) is 5.26 Å². The van der Waals surface area contributed by atoms with E-state index in [0.29, 0.717) is 0 Å². The predicted molar refractivity (Wildman–Crippen MR) is 84.8 cm³/mol. The zero-order chi connectivity index (χ0) is 14.7. The van der Waals surface area contributed by atoms with E-state index in [9.17, 15) is 0 Å². The van der Waals surface area contributed by atoms with E-state index in [-0.39, 0.29) is 0 Å². The van der Waals surface area contributed by atoms with E-state index >= 15 is 0 Å². The van der Waals surface area contributed by atoms with Gasteiger partial charge >= 0.3 is 0 Å². The minimum absolute atomic E-state index is 0.748. The van der Waals surface area contributed by atoms with Crippen LogP contribution in [0.15, 0.2) is 42.5 Å². The molecule has 21 heavy (non-hydrogen) atoms. The van der Waals surface area contributed by atoms with E-state index in [1.165, 1.54) is 35.1 Å². The quantitative estimate of drug-likeness (QED) is 0.834. The zero-order valence-corrected chi connectivity index (χ0v) is 12.5. The second-order valence-corrected chi connectivity index (χ2v) is 5.84. The van der Waals surface area contributed by atoms with Gasteiger partial charge in [0.2, 0.25) is 0 Å². The van der Waals surface area contributed by atoms with Crippen molar-refractivity contribution in [3.8, 4) is 6.07 Å². The Hall–Kier alpha value is -2.11. The van der Waals surface area contributed by atoms with Crippen LogP contribution in [0, 0.1) is 18.3 Å². The molecule has 0 amide bonds. The van der Waals surface area contributed by atoms with E-state index < -0.39 is 0 Å². The molecule has 2 aromatic rings. The van der Waals surface area contributed by atoms with Crippen molar-refractivity contribution in [3.05, 3.63) is 70.3 Å². The highest BCUT2D eigenvalue weighted by Crippen LogP contribution is 2.21. The molecule has 0 fully saturated rings. The number of nitriles is 1. The van der Waals surface area contributed by atoms with Crippen LogP contribution in [-0.2, 0) is 19.5 Å². The van der Waals surface area contributed by atoms with Crippen molar-refractivity contribution in [1.82, 2.24) is 4.90 Å². The summed E-state index contributed by atoms with van der Waals surface area (Å²) in [5.41, 5.74) is 6.25. The van der Waals surface area contributed by atoms with Crippen LogP contribution in [0.4, 0.5) is 0 Å². The number of aryl methyl sites for hydroxylation is 2. The molecule has 1 heterocycles. The van der Waals surface area contributed by atoms with E-state index in [2.05, 4.69) is 48.2 Å². The van der Waals surface area contributed by atoms with Crippen molar-refractivity contribution in [2.45, 2.75) is 32.9 Å². The van der Waals surface area contributed by atoms with Crippen LogP contribution in [-0.4, -0.2) is 11.4 Å². The molecule has 0 N–H and O–H groups in total. The van der Waals surface area contributed by atoms with Crippen molar-refractivity contribution in [3.63, 3.8) is 0 Å². The molecule has 1 aliphatic heterocycles. The fourth-order valence-electron chi connectivity index (χ4n) is 3.09. The SMILES string of the molecule is Cc1cc(C#N)ccc1CN1CCCc2ccccc2C1. The van der Waals surface area contributed by atoms with Crippen molar-refractivity contribution in [2.24, 2.45) is 0 Å². The molecule has 0 spiro atoms. The van der Waals surface area contributed by atoms with E-state index in [4.69, 9.17) is 5.26 Å². The first-order valence-electron chi connectivity index (χ1n) is 7.55. The highest BCUT2D eigenvalue weighted by Gasteiger charge is 2.14. The fourth-order valence-corrected chi connectivity index (χ4v) is 3.09. The van der Waals surface area contributed by atoms with Crippen LogP contribution >= 0.6 is 0 Å². The first kappa shape index (κ1) is 13.9. The first-order valence-corrected chi connectivity index (χ1v) is 7.55. The number of hydrogen-bond donors (Lipinski definition) is 0. The molecule has 0 atom stereocenters. The lowest BCUT2D eigenvalue weighted by atomic mass is 10.0. The van der Waals surface area contributed by atoms with Gasteiger partial charge in [-0.15, -0.1) is 0 Å². The van der Waals surface area contributed by atoms with Gasteiger partial charge in [0.05, 0.1) is 11.6 Å². The van der Waals surface area contributed by atoms with Crippen LogP contribution in [0.5, 0.6) is 0 Å². The summed E-state index contributed by atoms with van der Waals surface area (Å²) in [5.74, 6) is 0. The molecule has 2 heteroatoms. The smallest absolute Gasteiger partial charge is 0.0991 e. The third kappa shape index (κ3) is 3.15. The Morgan fingerprint density at radius 1 is 1.14 bits per heavy atom. The van der Waals surface area contributed by atoms with E-state index in [1.54, 1.807) is 0 Å². The summed E-state index contributed by atoms with van der Waals surface area (Å²) in [7, 11) is 0. The van der Waals surface area contributed by atoms with Crippen molar-refractivity contribution in [1.29, 1.82) is 5.26 Å². The minimum Gasteiger partial charge on any atom is -0.295 e. The van der Waals surface area contributed by atoms with Crippen LogP contribution in [0.1, 0.15) is 34.2 Å². The lowest BCUT2D eigenvalue weighted by Gasteiger charge is -2.21. The van der Waals surface area contributed by atoms with Gasteiger partial charge < -0.3 is 0 Å². The summed E-state index contributed by atoms with van der Waals surface area (Å²) < 4.78 is 0. The van der Waals surface area contributed by atoms with Gasteiger partial charge in [0, 0.05) is 13.1 Å². The fraction of sp³-hybridized carbons (Fsp3) is 0.316. The number of hydrogen-bond acceptors (Lipinski definition) is 2. The largest absolute Gasteiger partial charge is 0.295 e. The van der Waals surface area contributed by atoms with Crippen molar-refractivity contribution in [2.75, 3.05) is 6.54 Å². The number of benzene rings is 2. The molecule has 0 aromatic heterocycles. The second-order valence-electron chi connectivity index (χ2n) is 5.84. The topological polar surface area (TPSA) is 27.0 Å². The standard InChI is InChI=1S/C19H20N2/c1-15-11-16(12-20)8-9-18(15)13-21-10-4-7-17-5-2-3-6-19(17)14-21/h2-3,5-6,8-9,11H,4,7,10,13-14H2,1H3. The highest BCUT2D eigenvalue weighted by atomic mass is 15.1. The summed E-state index contributed by atoms with van der Waals surface area (Å²) in [6.45, 7) is 5.22. The number of nitrogens with zero attached hydrogens (tertiary/aromatic N) is 2. The average molecular weight is 276 g/mol. The number of fused-ring (bicyclic) bond motifs is 1. The van der Waals surface area contributed by atoms with Gasteiger partial charge in [-0.25, -0.2) is 0 Å². The molecule has 106 valence electrons. The van der Waals surface area contributed by atoms with Crippen LogP contribution < -0.4 is 0 Å².